The van der Waals surface area contributed by atoms with Gasteiger partial charge in [-0.3, -0.25) is 9.69 Å². The number of benzene rings is 1. The number of carbonyl (C=O) groups is 1. The van der Waals surface area contributed by atoms with Crippen LogP contribution in [0, 0.1) is 0 Å². The second-order valence-electron chi connectivity index (χ2n) is 7.44. The number of hydrogen-bond acceptors (Lipinski definition) is 5. The normalized spacial score (nSPS) is 20.4. The van der Waals surface area contributed by atoms with Gasteiger partial charge in [0.15, 0.2) is 5.78 Å². The molecule has 5 rings (SSSR count). The molecule has 2 N–H and O–H groups in total. The summed E-state index contributed by atoms with van der Waals surface area (Å²) in [5, 5.41) is 9.40. The van der Waals surface area contributed by atoms with Gasteiger partial charge in [-0.25, -0.2) is 0 Å². The minimum atomic E-state index is 0.0463. The van der Waals surface area contributed by atoms with E-state index in [2.05, 4.69) is 16.1 Å². The molecule has 0 radical (unpaired) electrons. The van der Waals surface area contributed by atoms with Crippen LogP contribution >= 0.6 is 11.3 Å². The van der Waals surface area contributed by atoms with Crippen molar-refractivity contribution in [2.24, 2.45) is 0 Å². The number of ketones is 1. The fourth-order valence-corrected chi connectivity index (χ4v) is 5.01. The van der Waals surface area contributed by atoms with Gasteiger partial charge in [0.1, 0.15) is 0 Å². The van der Waals surface area contributed by atoms with Gasteiger partial charge < -0.3 is 5.84 Å². The largest absolute Gasteiger partial charge is 0.323 e. The Hall–Kier alpha value is -2.44. The van der Waals surface area contributed by atoms with Crippen molar-refractivity contribution in [2.45, 2.75) is 31.7 Å². The SMILES string of the molecule is Nn1nc(C2=CCN3CCCCC3C2)c2cc(C(=O)c3ccsc3)ccc21. The van der Waals surface area contributed by atoms with Crippen LogP contribution in [0.4, 0.5) is 0 Å². The van der Waals surface area contributed by atoms with E-state index < -0.39 is 0 Å². The van der Waals surface area contributed by atoms with Crippen molar-refractivity contribution in [1.29, 1.82) is 0 Å². The number of nitrogens with two attached hydrogens (primary N) is 1. The average Bonchev–Trinajstić information content (AvgIpc) is 3.35. The molecule has 1 atom stereocenters. The van der Waals surface area contributed by atoms with Crippen molar-refractivity contribution in [1.82, 2.24) is 14.8 Å². The van der Waals surface area contributed by atoms with Crippen LogP contribution in [0.25, 0.3) is 16.5 Å². The highest BCUT2D eigenvalue weighted by molar-refractivity contribution is 7.08. The van der Waals surface area contributed by atoms with Gasteiger partial charge in [0.05, 0.1) is 11.2 Å². The van der Waals surface area contributed by atoms with E-state index in [1.807, 2.05) is 35.0 Å². The van der Waals surface area contributed by atoms with Gasteiger partial charge in [-0.2, -0.15) is 21.2 Å². The third-order valence-corrected chi connectivity index (χ3v) is 6.52. The Morgan fingerprint density at radius 2 is 2.15 bits per heavy atom. The first-order valence-corrected chi connectivity index (χ1v) is 10.4. The Morgan fingerprint density at radius 1 is 1.22 bits per heavy atom. The van der Waals surface area contributed by atoms with Crippen LogP contribution in [0.3, 0.4) is 0 Å². The zero-order valence-corrected chi connectivity index (χ0v) is 15.9. The van der Waals surface area contributed by atoms with Gasteiger partial charge in [0.2, 0.25) is 0 Å². The minimum absolute atomic E-state index is 0.0463. The van der Waals surface area contributed by atoms with E-state index >= 15 is 0 Å². The lowest BCUT2D eigenvalue weighted by Gasteiger charge is -2.38. The average molecular weight is 379 g/mol. The van der Waals surface area contributed by atoms with E-state index in [1.54, 1.807) is 0 Å². The molecule has 0 saturated carbocycles. The first-order chi connectivity index (χ1) is 13.2. The Morgan fingerprint density at radius 3 is 3.00 bits per heavy atom. The molecule has 138 valence electrons. The Labute approximate surface area is 162 Å². The number of nitrogens with zero attached hydrogens (tertiary/aromatic N) is 3. The highest BCUT2D eigenvalue weighted by atomic mass is 32.1. The van der Waals surface area contributed by atoms with Gasteiger partial charge in [0.25, 0.3) is 0 Å². The highest BCUT2D eigenvalue weighted by Crippen LogP contribution is 2.34. The maximum absolute atomic E-state index is 12.8. The van der Waals surface area contributed by atoms with Crippen LogP contribution in [0.15, 0.2) is 41.1 Å². The molecule has 5 nitrogen and oxygen atoms in total. The monoisotopic (exact) mass is 378 g/mol. The number of hydrogen-bond donors (Lipinski definition) is 1. The minimum Gasteiger partial charge on any atom is -0.323 e. The molecule has 2 aliphatic rings. The molecule has 3 aromatic rings. The molecule has 2 aliphatic heterocycles. The predicted octanol–water partition coefficient (Wildman–Crippen LogP) is 3.68. The molecule has 1 fully saturated rings. The first kappa shape index (κ1) is 16.7. The number of fused-ring (bicyclic) bond motifs is 2. The van der Waals surface area contributed by atoms with E-state index in [-0.39, 0.29) is 5.78 Å². The zero-order valence-electron chi connectivity index (χ0n) is 15.1. The van der Waals surface area contributed by atoms with Crippen molar-refractivity contribution >= 4 is 33.6 Å². The quantitative estimate of drug-likeness (QED) is 0.558. The summed E-state index contributed by atoms with van der Waals surface area (Å²) in [4.78, 5) is 16.8. The topological polar surface area (TPSA) is 64.2 Å². The van der Waals surface area contributed by atoms with E-state index in [1.165, 1.54) is 47.5 Å². The fraction of sp³-hybridized carbons (Fsp3) is 0.333. The molecule has 4 heterocycles. The molecule has 1 saturated heterocycles. The van der Waals surface area contributed by atoms with Crippen molar-refractivity contribution in [2.75, 3.05) is 18.9 Å². The number of nitrogen functional groups attached to an aromatic ring is 1. The van der Waals surface area contributed by atoms with E-state index in [0.717, 1.165) is 35.1 Å². The number of rotatable bonds is 3. The van der Waals surface area contributed by atoms with E-state index in [0.29, 0.717) is 11.6 Å². The lowest BCUT2D eigenvalue weighted by Crippen LogP contribution is -2.41. The van der Waals surface area contributed by atoms with Crippen LogP contribution in [-0.4, -0.2) is 39.7 Å². The van der Waals surface area contributed by atoms with E-state index in [9.17, 15) is 4.79 Å². The molecule has 1 aromatic carbocycles. The van der Waals surface area contributed by atoms with Gasteiger partial charge in [-0.1, -0.05) is 12.5 Å². The van der Waals surface area contributed by atoms with Crippen molar-refractivity contribution in [3.8, 4) is 0 Å². The smallest absolute Gasteiger partial charge is 0.193 e. The van der Waals surface area contributed by atoms with Crippen molar-refractivity contribution < 1.29 is 4.79 Å². The third-order valence-electron chi connectivity index (χ3n) is 5.83. The van der Waals surface area contributed by atoms with Crippen LogP contribution < -0.4 is 5.84 Å². The van der Waals surface area contributed by atoms with Gasteiger partial charge >= 0.3 is 0 Å². The van der Waals surface area contributed by atoms with Crippen LogP contribution in [0.2, 0.25) is 0 Å². The summed E-state index contributed by atoms with van der Waals surface area (Å²) in [5.74, 6) is 6.17. The molecule has 0 bridgehead atoms. The van der Waals surface area contributed by atoms with E-state index in [4.69, 9.17) is 5.84 Å². The van der Waals surface area contributed by atoms with Gasteiger partial charge in [-0.05, 0) is 61.0 Å². The highest BCUT2D eigenvalue weighted by Gasteiger charge is 2.28. The predicted molar refractivity (Wildman–Crippen MR) is 109 cm³/mol. The van der Waals surface area contributed by atoms with Crippen molar-refractivity contribution in [3.63, 3.8) is 0 Å². The second-order valence-corrected chi connectivity index (χ2v) is 8.22. The van der Waals surface area contributed by atoms with Crippen molar-refractivity contribution in [3.05, 3.63) is 57.9 Å². The standard InChI is InChI=1S/C21H22N4OS/c22-25-19-5-4-15(21(26)16-7-10-27-13-16)12-18(19)20(23-25)14-6-9-24-8-2-1-3-17(24)11-14/h4-7,10,12-13,17H,1-3,8-9,11,22H2. The molecule has 6 heteroatoms. The molecule has 0 spiro atoms. The summed E-state index contributed by atoms with van der Waals surface area (Å²) in [7, 11) is 0. The fourth-order valence-electron chi connectivity index (χ4n) is 4.37. The van der Waals surface area contributed by atoms with Crippen LogP contribution in [-0.2, 0) is 0 Å². The van der Waals surface area contributed by atoms with Gasteiger partial charge in [-0.15, -0.1) is 0 Å². The maximum atomic E-state index is 12.8. The summed E-state index contributed by atoms with van der Waals surface area (Å²) in [5.41, 5.74) is 4.46. The Balaban J connectivity index is 1.55. The Kier molecular flexibility index (Phi) is 4.10. The molecule has 0 aliphatic carbocycles. The number of piperidine rings is 1. The number of aromatic nitrogens is 2. The van der Waals surface area contributed by atoms with Crippen LogP contribution in [0.1, 0.15) is 47.3 Å². The summed E-state index contributed by atoms with van der Waals surface area (Å²) in [6.07, 6.45) is 7.15. The molecular weight excluding hydrogens is 356 g/mol. The molecule has 2 aromatic heterocycles. The second kappa shape index (κ2) is 6.62. The third kappa shape index (κ3) is 2.89. The number of thiophene rings is 1. The number of carbonyl (C=O) groups excluding carboxylic acids is 1. The molecule has 1 unspecified atom stereocenters. The van der Waals surface area contributed by atoms with Crippen LogP contribution in [0.5, 0.6) is 0 Å². The van der Waals surface area contributed by atoms with Gasteiger partial charge in [0, 0.05) is 34.5 Å². The molecular formula is C21H22N4OS. The maximum Gasteiger partial charge on any atom is 0.193 e. The molecule has 27 heavy (non-hydrogen) atoms. The summed E-state index contributed by atoms with van der Waals surface area (Å²) in [6, 6.07) is 8.17. The lowest BCUT2D eigenvalue weighted by molar-refractivity contribution is 0.103. The Bertz CT molecular complexity index is 1030. The first-order valence-electron chi connectivity index (χ1n) is 9.49. The zero-order chi connectivity index (χ0) is 18.4. The molecule has 0 amide bonds. The summed E-state index contributed by atoms with van der Waals surface area (Å²) in [6.45, 7) is 2.17. The lowest BCUT2D eigenvalue weighted by atomic mass is 9.90. The summed E-state index contributed by atoms with van der Waals surface area (Å²) >= 11 is 1.54. The summed E-state index contributed by atoms with van der Waals surface area (Å²) < 4.78 is 0.